The summed E-state index contributed by atoms with van der Waals surface area (Å²) >= 11 is 0. The lowest BCUT2D eigenvalue weighted by Gasteiger charge is -2.21. The molecule has 0 aliphatic carbocycles. The molecule has 3 heterocycles. The van der Waals surface area contributed by atoms with Gasteiger partial charge in [-0.1, -0.05) is 0 Å². The zero-order chi connectivity index (χ0) is 17.6. The molecule has 0 spiro atoms. The van der Waals surface area contributed by atoms with Crippen molar-refractivity contribution in [3.8, 4) is 11.5 Å². The van der Waals surface area contributed by atoms with E-state index < -0.39 is 17.8 Å². The fraction of sp³-hybridized carbons (Fsp3) is 0.471. The number of benzene rings is 1. The van der Waals surface area contributed by atoms with Crippen LogP contribution in [-0.2, 0) is 14.4 Å². The van der Waals surface area contributed by atoms with Crippen LogP contribution < -0.4 is 14.4 Å². The molecule has 2 saturated heterocycles. The van der Waals surface area contributed by atoms with Crippen molar-refractivity contribution in [1.82, 2.24) is 4.90 Å². The van der Waals surface area contributed by atoms with E-state index in [-0.39, 0.29) is 44.0 Å². The lowest BCUT2D eigenvalue weighted by molar-refractivity contribution is -0.141. The Morgan fingerprint density at radius 1 is 1.12 bits per heavy atom. The van der Waals surface area contributed by atoms with Crippen LogP contribution in [0.15, 0.2) is 18.2 Å². The van der Waals surface area contributed by atoms with Crippen molar-refractivity contribution >= 4 is 35.9 Å². The van der Waals surface area contributed by atoms with Crippen LogP contribution in [0.2, 0.25) is 0 Å². The molecular weight excluding hydrogens is 364 g/mol. The van der Waals surface area contributed by atoms with Crippen LogP contribution in [0.5, 0.6) is 11.5 Å². The van der Waals surface area contributed by atoms with Gasteiger partial charge in [-0.25, -0.2) is 0 Å². The first kappa shape index (κ1) is 18.3. The number of fused-ring (bicyclic) bond motifs is 1. The van der Waals surface area contributed by atoms with Gasteiger partial charge in [0.15, 0.2) is 11.5 Å². The van der Waals surface area contributed by atoms with Crippen LogP contribution in [0.25, 0.3) is 0 Å². The summed E-state index contributed by atoms with van der Waals surface area (Å²) in [5, 5.41) is 9.07. The van der Waals surface area contributed by atoms with Gasteiger partial charge in [-0.15, -0.1) is 12.4 Å². The van der Waals surface area contributed by atoms with Crippen LogP contribution in [-0.4, -0.2) is 54.2 Å². The second-order valence-electron chi connectivity index (χ2n) is 6.55. The number of carbonyl (C=O) groups is 3. The lowest BCUT2D eigenvalue weighted by Crippen LogP contribution is -2.36. The van der Waals surface area contributed by atoms with Gasteiger partial charge in [-0.3, -0.25) is 14.4 Å². The van der Waals surface area contributed by atoms with E-state index in [0.29, 0.717) is 36.7 Å². The zero-order valence-corrected chi connectivity index (χ0v) is 14.7. The fourth-order valence-electron chi connectivity index (χ4n) is 3.60. The monoisotopic (exact) mass is 382 g/mol. The Morgan fingerprint density at radius 2 is 1.88 bits per heavy atom. The normalized spacial score (nSPS) is 23.9. The number of nitrogens with zero attached hydrogens (tertiary/aromatic N) is 2. The number of rotatable bonds is 3. The minimum atomic E-state index is -0.875. The molecule has 2 unspecified atom stereocenters. The lowest BCUT2D eigenvalue weighted by atomic mass is 10.1. The van der Waals surface area contributed by atoms with Gasteiger partial charge in [0.25, 0.3) is 0 Å². The predicted octanol–water partition coefficient (Wildman–Crippen LogP) is 1.12. The average Bonchev–Trinajstić information content (AvgIpc) is 3.32. The quantitative estimate of drug-likeness (QED) is 0.841. The van der Waals surface area contributed by atoms with Gasteiger partial charge >= 0.3 is 5.97 Å². The minimum Gasteiger partial charge on any atom is -0.481 e. The topological polar surface area (TPSA) is 96.4 Å². The first-order valence-corrected chi connectivity index (χ1v) is 8.24. The van der Waals surface area contributed by atoms with E-state index in [2.05, 4.69) is 0 Å². The maximum absolute atomic E-state index is 12.6. The molecule has 1 aromatic carbocycles. The highest BCUT2D eigenvalue weighted by Crippen LogP contribution is 2.37. The molecule has 4 rings (SSSR count). The molecule has 3 aliphatic rings. The predicted molar refractivity (Wildman–Crippen MR) is 92.6 cm³/mol. The number of hydrogen-bond acceptors (Lipinski definition) is 5. The molecule has 2 fully saturated rings. The van der Waals surface area contributed by atoms with Gasteiger partial charge in [-0.2, -0.15) is 0 Å². The van der Waals surface area contributed by atoms with E-state index in [4.69, 9.17) is 14.6 Å². The summed E-state index contributed by atoms with van der Waals surface area (Å²) in [4.78, 5) is 39.2. The highest BCUT2D eigenvalue weighted by Gasteiger charge is 2.40. The number of aliphatic carboxylic acids is 1. The number of hydrogen-bond donors (Lipinski definition) is 1. The first-order chi connectivity index (χ1) is 12.0. The number of anilines is 1. The summed E-state index contributed by atoms with van der Waals surface area (Å²) < 4.78 is 10.6. The Hall–Kier alpha value is -2.48. The summed E-state index contributed by atoms with van der Waals surface area (Å²) in [5.41, 5.74) is 0.675. The Balaban J connectivity index is 0.00000196. The molecule has 3 aliphatic heterocycles. The SMILES string of the molecule is Cl.O=C(O)C1CCN(C(=O)C2CC(=O)N(c3ccc4c(c3)OCO4)C2)C1. The molecule has 9 heteroatoms. The van der Waals surface area contributed by atoms with Crippen molar-refractivity contribution in [2.24, 2.45) is 11.8 Å². The van der Waals surface area contributed by atoms with Gasteiger partial charge in [-0.05, 0) is 18.6 Å². The van der Waals surface area contributed by atoms with Crippen molar-refractivity contribution in [2.45, 2.75) is 12.8 Å². The summed E-state index contributed by atoms with van der Waals surface area (Å²) in [7, 11) is 0. The molecular formula is C17H19ClN2O6. The molecule has 1 N–H and O–H groups in total. The van der Waals surface area contributed by atoms with Crippen LogP contribution in [0.4, 0.5) is 5.69 Å². The third-order valence-electron chi connectivity index (χ3n) is 4.99. The Kier molecular flexibility index (Phi) is 4.95. The molecule has 0 saturated carbocycles. The number of likely N-dealkylation sites (tertiary alicyclic amines) is 1. The van der Waals surface area contributed by atoms with Gasteiger partial charge in [0.2, 0.25) is 18.6 Å². The number of ether oxygens (including phenoxy) is 2. The van der Waals surface area contributed by atoms with Crippen molar-refractivity contribution in [3.05, 3.63) is 18.2 Å². The molecule has 0 aromatic heterocycles. The maximum atomic E-state index is 12.6. The van der Waals surface area contributed by atoms with E-state index in [1.165, 1.54) is 0 Å². The summed E-state index contributed by atoms with van der Waals surface area (Å²) in [5.74, 6) is -0.855. The van der Waals surface area contributed by atoms with Gasteiger partial charge in [0, 0.05) is 37.8 Å². The van der Waals surface area contributed by atoms with Gasteiger partial charge < -0.3 is 24.4 Å². The van der Waals surface area contributed by atoms with E-state index in [1.54, 1.807) is 28.0 Å². The number of amides is 2. The van der Waals surface area contributed by atoms with Crippen molar-refractivity contribution in [3.63, 3.8) is 0 Å². The molecule has 0 bridgehead atoms. The number of carboxylic acids is 1. The average molecular weight is 383 g/mol. The van der Waals surface area contributed by atoms with Crippen LogP contribution in [0.3, 0.4) is 0 Å². The summed E-state index contributed by atoms with van der Waals surface area (Å²) in [6, 6.07) is 5.26. The Morgan fingerprint density at radius 3 is 2.62 bits per heavy atom. The number of halogens is 1. The van der Waals surface area contributed by atoms with Crippen molar-refractivity contribution in [2.75, 3.05) is 31.3 Å². The Bertz CT molecular complexity index is 755. The molecule has 0 radical (unpaired) electrons. The summed E-state index contributed by atoms with van der Waals surface area (Å²) in [6.07, 6.45) is 0.606. The maximum Gasteiger partial charge on any atom is 0.308 e. The third-order valence-corrected chi connectivity index (χ3v) is 4.99. The Labute approximate surface area is 156 Å². The third kappa shape index (κ3) is 3.16. The molecule has 8 nitrogen and oxygen atoms in total. The van der Waals surface area contributed by atoms with Crippen molar-refractivity contribution < 1.29 is 29.0 Å². The minimum absolute atomic E-state index is 0. The smallest absolute Gasteiger partial charge is 0.308 e. The van der Waals surface area contributed by atoms with E-state index in [0.717, 1.165) is 0 Å². The van der Waals surface area contributed by atoms with Gasteiger partial charge in [0.1, 0.15) is 0 Å². The van der Waals surface area contributed by atoms with E-state index in [1.807, 2.05) is 0 Å². The fourth-order valence-corrected chi connectivity index (χ4v) is 3.60. The molecule has 140 valence electrons. The first-order valence-electron chi connectivity index (χ1n) is 8.24. The van der Waals surface area contributed by atoms with E-state index in [9.17, 15) is 14.4 Å². The highest BCUT2D eigenvalue weighted by atomic mass is 35.5. The molecule has 2 atom stereocenters. The zero-order valence-electron chi connectivity index (χ0n) is 13.9. The number of carbonyl (C=O) groups excluding carboxylic acids is 2. The molecule has 2 amide bonds. The number of carboxylic acid groups (broad SMARTS) is 1. The summed E-state index contributed by atoms with van der Waals surface area (Å²) in [6.45, 7) is 1.12. The highest BCUT2D eigenvalue weighted by molar-refractivity contribution is 6.00. The van der Waals surface area contributed by atoms with Crippen LogP contribution >= 0.6 is 12.4 Å². The van der Waals surface area contributed by atoms with E-state index >= 15 is 0 Å². The standard InChI is InChI=1S/C17H18N2O6.ClH/c20-15-5-11(16(21)18-4-3-10(7-18)17(22)23)8-19(15)12-1-2-13-14(6-12)25-9-24-13;/h1-2,6,10-11H,3-5,7-9H2,(H,22,23);1H. The van der Waals surface area contributed by atoms with Crippen LogP contribution in [0, 0.1) is 11.8 Å². The second kappa shape index (κ2) is 7.03. The van der Waals surface area contributed by atoms with Crippen molar-refractivity contribution in [1.29, 1.82) is 0 Å². The second-order valence-corrected chi connectivity index (χ2v) is 6.55. The largest absolute Gasteiger partial charge is 0.481 e. The van der Waals surface area contributed by atoms with Gasteiger partial charge in [0.05, 0.1) is 11.8 Å². The molecule has 26 heavy (non-hydrogen) atoms. The molecule has 1 aromatic rings. The van der Waals surface area contributed by atoms with Crippen LogP contribution in [0.1, 0.15) is 12.8 Å².